The van der Waals surface area contributed by atoms with Gasteiger partial charge >= 0.3 is 0 Å². The molecule has 1 heterocycles. The molecule has 21 heavy (non-hydrogen) atoms. The van der Waals surface area contributed by atoms with Crippen LogP contribution in [0.2, 0.25) is 0 Å². The largest absolute Gasteiger partial charge is 0.496 e. The summed E-state index contributed by atoms with van der Waals surface area (Å²) in [6.45, 7) is 5.53. The van der Waals surface area contributed by atoms with Gasteiger partial charge in [0.25, 0.3) is 0 Å². The van der Waals surface area contributed by atoms with E-state index in [-0.39, 0.29) is 0 Å². The van der Waals surface area contributed by atoms with Gasteiger partial charge in [-0.3, -0.25) is 4.90 Å². The molecule has 3 nitrogen and oxygen atoms in total. The molecule has 2 aliphatic rings. The van der Waals surface area contributed by atoms with Crippen LogP contribution in [0.25, 0.3) is 0 Å². The maximum Gasteiger partial charge on any atom is 0.123 e. The minimum Gasteiger partial charge on any atom is -0.496 e. The normalized spacial score (nSPS) is 25.4. The van der Waals surface area contributed by atoms with Crippen LogP contribution in [0.5, 0.6) is 5.75 Å². The molecule has 0 bridgehead atoms. The third-order valence-electron chi connectivity index (χ3n) is 5.08. The van der Waals surface area contributed by atoms with Crippen molar-refractivity contribution < 1.29 is 4.74 Å². The lowest BCUT2D eigenvalue weighted by molar-refractivity contribution is 0.0819. The molecule has 4 heteroatoms. The van der Waals surface area contributed by atoms with Crippen molar-refractivity contribution in [3.05, 3.63) is 28.2 Å². The van der Waals surface area contributed by atoms with Gasteiger partial charge in [-0.2, -0.15) is 0 Å². The number of nitrogens with zero attached hydrogens (tertiary/aromatic N) is 1. The molecule has 1 aromatic carbocycles. The number of benzene rings is 1. The van der Waals surface area contributed by atoms with Gasteiger partial charge in [0.05, 0.1) is 7.11 Å². The second-order valence-corrected chi connectivity index (χ2v) is 7.49. The minimum absolute atomic E-state index is 0.367. The van der Waals surface area contributed by atoms with Crippen molar-refractivity contribution in [1.82, 2.24) is 10.2 Å². The van der Waals surface area contributed by atoms with Gasteiger partial charge in [0.15, 0.2) is 0 Å². The van der Waals surface area contributed by atoms with E-state index in [4.69, 9.17) is 4.74 Å². The van der Waals surface area contributed by atoms with Crippen molar-refractivity contribution in [1.29, 1.82) is 0 Å². The number of rotatable bonds is 3. The summed E-state index contributed by atoms with van der Waals surface area (Å²) in [6.07, 6.45) is 5.39. The Morgan fingerprint density at radius 3 is 2.86 bits per heavy atom. The maximum absolute atomic E-state index is 5.53. The molecule has 1 aliphatic carbocycles. The van der Waals surface area contributed by atoms with E-state index in [2.05, 4.69) is 45.2 Å². The summed E-state index contributed by atoms with van der Waals surface area (Å²) in [5.41, 5.74) is 1.64. The molecule has 3 rings (SSSR count). The van der Waals surface area contributed by atoms with Crippen LogP contribution in [0, 0.1) is 0 Å². The lowest BCUT2D eigenvalue weighted by Gasteiger charge is -2.45. The second-order valence-electron chi connectivity index (χ2n) is 6.58. The summed E-state index contributed by atoms with van der Waals surface area (Å²) < 4.78 is 6.65. The first-order valence-electron chi connectivity index (χ1n) is 7.93. The lowest BCUT2D eigenvalue weighted by atomic mass is 9.92. The van der Waals surface area contributed by atoms with Crippen molar-refractivity contribution in [3.8, 4) is 5.75 Å². The number of hydrogen-bond donors (Lipinski definition) is 1. The fourth-order valence-corrected chi connectivity index (χ4v) is 4.19. The number of halogens is 1. The SMILES string of the molecule is COc1ccc(Br)cc1CN1CC2(CCCC2)NCC1C. The van der Waals surface area contributed by atoms with Gasteiger partial charge in [0.1, 0.15) is 5.75 Å². The Morgan fingerprint density at radius 1 is 1.38 bits per heavy atom. The topological polar surface area (TPSA) is 24.5 Å². The van der Waals surface area contributed by atoms with Crippen LogP contribution < -0.4 is 10.1 Å². The monoisotopic (exact) mass is 352 g/mol. The first-order valence-corrected chi connectivity index (χ1v) is 8.73. The van der Waals surface area contributed by atoms with Crippen LogP contribution in [-0.4, -0.2) is 36.7 Å². The van der Waals surface area contributed by atoms with Crippen LogP contribution in [0.15, 0.2) is 22.7 Å². The summed E-state index contributed by atoms with van der Waals surface area (Å²) >= 11 is 3.58. The summed E-state index contributed by atoms with van der Waals surface area (Å²) in [6, 6.07) is 6.86. The van der Waals surface area contributed by atoms with Crippen LogP contribution in [0.4, 0.5) is 0 Å². The highest BCUT2D eigenvalue weighted by Gasteiger charge is 2.39. The van der Waals surface area contributed by atoms with Gasteiger partial charge < -0.3 is 10.1 Å². The molecule has 1 saturated heterocycles. The van der Waals surface area contributed by atoms with Crippen molar-refractivity contribution in [2.24, 2.45) is 0 Å². The van der Waals surface area contributed by atoms with Crippen molar-refractivity contribution in [2.75, 3.05) is 20.2 Å². The molecule has 116 valence electrons. The molecular weight excluding hydrogens is 328 g/mol. The van der Waals surface area contributed by atoms with Crippen LogP contribution in [0.3, 0.4) is 0 Å². The zero-order valence-electron chi connectivity index (χ0n) is 13.0. The Hall–Kier alpha value is -0.580. The number of piperazine rings is 1. The summed E-state index contributed by atoms with van der Waals surface area (Å²) in [4.78, 5) is 2.62. The van der Waals surface area contributed by atoms with E-state index in [1.807, 2.05) is 6.07 Å². The highest BCUT2D eigenvalue weighted by molar-refractivity contribution is 9.10. The quantitative estimate of drug-likeness (QED) is 0.899. The van der Waals surface area contributed by atoms with Crippen molar-refractivity contribution in [3.63, 3.8) is 0 Å². The predicted octanol–water partition coefficient (Wildman–Crippen LogP) is 3.56. The van der Waals surface area contributed by atoms with E-state index >= 15 is 0 Å². The molecule has 2 fully saturated rings. The number of hydrogen-bond acceptors (Lipinski definition) is 3. The van der Waals surface area contributed by atoms with Gasteiger partial charge in [-0.1, -0.05) is 28.8 Å². The lowest BCUT2D eigenvalue weighted by Crippen LogP contribution is -2.62. The molecule has 1 aliphatic heterocycles. The molecular formula is C17H25BrN2O. The average molecular weight is 353 g/mol. The fourth-order valence-electron chi connectivity index (χ4n) is 3.78. The zero-order valence-corrected chi connectivity index (χ0v) is 14.6. The molecule has 1 spiro atoms. The highest BCUT2D eigenvalue weighted by atomic mass is 79.9. The molecule has 0 radical (unpaired) electrons. The van der Waals surface area contributed by atoms with Crippen molar-refractivity contribution >= 4 is 15.9 Å². The Bertz CT molecular complexity index is 500. The smallest absolute Gasteiger partial charge is 0.123 e. The predicted molar refractivity (Wildman–Crippen MR) is 89.8 cm³/mol. The maximum atomic E-state index is 5.53. The Morgan fingerprint density at radius 2 is 2.14 bits per heavy atom. The Labute approximate surface area is 136 Å². The van der Waals surface area contributed by atoms with E-state index in [9.17, 15) is 0 Å². The van der Waals surface area contributed by atoms with E-state index < -0.39 is 0 Å². The van der Waals surface area contributed by atoms with Gasteiger partial charge in [-0.25, -0.2) is 0 Å². The fraction of sp³-hybridized carbons (Fsp3) is 0.647. The molecule has 1 unspecified atom stereocenters. The third kappa shape index (κ3) is 3.27. The molecule has 0 amide bonds. The van der Waals surface area contributed by atoms with Gasteiger partial charge in [-0.05, 0) is 38.0 Å². The third-order valence-corrected chi connectivity index (χ3v) is 5.57. The summed E-state index contributed by atoms with van der Waals surface area (Å²) in [5, 5.41) is 3.82. The number of ether oxygens (including phenoxy) is 1. The molecule has 1 saturated carbocycles. The van der Waals surface area contributed by atoms with Crippen molar-refractivity contribution in [2.45, 2.75) is 50.7 Å². The molecule has 1 aromatic rings. The second kappa shape index (κ2) is 6.27. The Kier molecular flexibility index (Phi) is 4.57. The summed E-state index contributed by atoms with van der Waals surface area (Å²) in [5.74, 6) is 0.990. The average Bonchev–Trinajstić information content (AvgIpc) is 2.92. The van der Waals surface area contributed by atoms with Crippen LogP contribution >= 0.6 is 15.9 Å². The molecule has 1 atom stereocenters. The summed E-state index contributed by atoms with van der Waals surface area (Å²) in [7, 11) is 1.76. The van der Waals surface area contributed by atoms with Gasteiger partial charge in [0.2, 0.25) is 0 Å². The van der Waals surface area contributed by atoms with Crippen LogP contribution in [0.1, 0.15) is 38.2 Å². The van der Waals surface area contributed by atoms with E-state index in [1.165, 1.54) is 31.2 Å². The van der Waals surface area contributed by atoms with E-state index in [1.54, 1.807) is 7.11 Å². The van der Waals surface area contributed by atoms with Gasteiger partial charge in [0, 0.05) is 41.3 Å². The van der Waals surface area contributed by atoms with Gasteiger partial charge in [-0.15, -0.1) is 0 Å². The first kappa shape index (κ1) is 15.3. The van der Waals surface area contributed by atoms with Crippen LogP contribution in [-0.2, 0) is 6.54 Å². The highest BCUT2D eigenvalue weighted by Crippen LogP contribution is 2.34. The van der Waals surface area contributed by atoms with E-state index in [0.717, 1.165) is 29.9 Å². The minimum atomic E-state index is 0.367. The molecule has 1 N–H and O–H groups in total. The number of methoxy groups -OCH3 is 1. The standard InChI is InChI=1S/C17H25BrN2O/c1-13-10-19-17(7-3-4-8-17)12-20(13)11-14-9-15(18)5-6-16(14)21-2/h5-6,9,13,19H,3-4,7-8,10-12H2,1-2H3. The zero-order chi connectivity index (χ0) is 14.9. The molecule has 0 aromatic heterocycles. The van der Waals surface area contributed by atoms with E-state index in [0.29, 0.717) is 11.6 Å². The first-order chi connectivity index (χ1) is 10.1. The number of nitrogens with one attached hydrogen (secondary N) is 1. The Balaban J connectivity index is 1.77.